The van der Waals surface area contributed by atoms with Gasteiger partial charge in [-0.3, -0.25) is 4.79 Å². The molecule has 0 saturated heterocycles. The maximum Gasteiger partial charge on any atom is 0.255 e. The Bertz CT molecular complexity index is 878. The summed E-state index contributed by atoms with van der Waals surface area (Å²) in [7, 11) is 0. The van der Waals surface area contributed by atoms with E-state index in [2.05, 4.69) is 25.9 Å². The Labute approximate surface area is 152 Å². The minimum absolute atomic E-state index is 0.131. The van der Waals surface area contributed by atoms with Crippen LogP contribution in [-0.4, -0.2) is 22.4 Å². The minimum atomic E-state index is -0.131. The van der Waals surface area contributed by atoms with E-state index in [1.165, 1.54) is 0 Å². The predicted molar refractivity (Wildman–Crippen MR) is 105 cm³/mol. The molecule has 3 aromatic rings. The van der Waals surface area contributed by atoms with Crippen molar-refractivity contribution in [2.24, 2.45) is 0 Å². The summed E-state index contributed by atoms with van der Waals surface area (Å²) in [5, 5.41) is 9.32. The molecule has 0 radical (unpaired) electrons. The number of hydrogen-bond donors (Lipinski definition) is 3. The summed E-state index contributed by atoms with van der Waals surface area (Å²) >= 11 is 0. The topological polar surface area (TPSA) is 78.9 Å². The second-order valence-corrected chi connectivity index (χ2v) is 5.74. The Balaban J connectivity index is 1.67. The van der Waals surface area contributed by atoms with E-state index in [1.54, 1.807) is 12.1 Å². The zero-order chi connectivity index (χ0) is 18.4. The fourth-order valence-corrected chi connectivity index (χ4v) is 2.48. The van der Waals surface area contributed by atoms with Crippen LogP contribution in [-0.2, 0) is 0 Å². The van der Waals surface area contributed by atoms with Crippen LogP contribution in [0.4, 0.5) is 23.0 Å². The molecule has 3 rings (SSSR count). The zero-order valence-electron chi connectivity index (χ0n) is 14.8. The molecule has 0 aliphatic rings. The molecule has 1 amide bonds. The fraction of sp³-hybridized carbons (Fsp3) is 0.150. The Morgan fingerprint density at radius 2 is 1.58 bits per heavy atom. The number of nitrogens with one attached hydrogen (secondary N) is 3. The molecule has 0 atom stereocenters. The first-order chi connectivity index (χ1) is 12.6. The number of aryl methyl sites for hydroxylation is 1. The van der Waals surface area contributed by atoms with Gasteiger partial charge in [0.05, 0.1) is 0 Å². The molecule has 0 fully saturated rings. The molecule has 0 saturated carbocycles. The zero-order valence-corrected chi connectivity index (χ0v) is 14.8. The summed E-state index contributed by atoms with van der Waals surface area (Å²) in [5.74, 6) is 2.06. The highest BCUT2D eigenvalue weighted by Crippen LogP contribution is 2.20. The van der Waals surface area contributed by atoms with Crippen molar-refractivity contribution in [3.05, 3.63) is 72.1 Å². The molecule has 1 heterocycles. The van der Waals surface area contributed by atoms with Gasteiger partial charge in [-0.05, 0) is 50.2 Å². The fourth-order valence-electron chi connectivity index (χ4n) is 2.48. The molecule has 0 bridgehead atoms. The highest BCUT2D eigenvalue weighted by molar-refractivity contribution is 6.04. The van der Waals surface area contributed by atoms with Crippen LogP contribution in [0.2, 0.25) is 0 Å². The number of carbonyl (C=O) groups is 1. The molecule has 0 spiro atoms. The number of carbonyl (C=O) groups excluding carboxylic acids is 1. The van der Waals surface area contributed by atoms with Gasteiger partial charge < -0.3 is 16.0 Å². The normalized spacial score (nSPS) is 10.2. The van der Waals surface area contributed by atoms with Crippen molar-refractivity contribution in [3.63, 3.8) is 0 Å². The number of aromatic nitrogens is 2. The van der Waals surface area contributed by atoms with E-state index < -0.39 is 0 Å². The monoisotopic (exact) mass is 347 g/mol. The summed E-state index contributed by atoms with van der Waals surface area (Å²) in [6, 6.07) is 18.5. The molecular weight excluding hydrogens is 326 g/mol. The lowest BCUT2D eigenvalue weighted by atomic mass is 10.2. The highest BCUT2D eigenvalue weighted by atomic mass is 16.1. The van der Waals surface area contributed by atoms with E-state index in [-0.39, 0.29) is 5.91 Å². The van der Waals surface area contributed by atoms with Gasteiger partial charge in [-0.25, -0.2) is 9.97 Å². The summed E-state index contributed by atoms with van der Waals surface area (Å²) in [6.45, 7) is 4.67. The molecule has 0 aliphatic carbocycles. The van der Waals surface area contributed by atoms with Gasteiger partial charge in [-0.15, -0.1) is 0 Å². The van der Waals surface area contributed by atoms with Gasteiger partial charge in [0.25, 0.3) is 5.91 Å². The summed E-state index contributed by atoms with van der Waals surface area (Å²) in [4.78, 5) is 20.9. The van der Waals surface area contributed by atoms with Gasteiger partial charge in [-0.1, -0.05) is 18.2 Å². The van der Waals surface area contributed by atoms with Crippen molar-refractivity contribution in [1.29, 1.82) is 0 Å². The van der Waals surface area contributed by atoms with E-state index in [1.807, 2.05) is 62.4 Å². The van der Waals surface area contributed by atoms with Crippen LogP contribution in [0, 0.1) is 6.92 Å². The molecule has 0 aliphatic heterocycles. The lowest BCUT2D eigenvalue weighted by molar-refractivity contribution is 0.102. The molecule has 26 heavy (non-hydrogen) atoms. The largest absolute Gasteiger partial charge is 0.370 e. The van der Waals surface area contributed by atoms with E-state index >= 15 is 0 Å². The standard InChI is InChI=1S/C20H21N5O/c1-3-21-18-13-19(23-14(2)22-18)24-16-9-11-17(12-10-16)25-20(26)15-7-5-4-6-8-15/h4-13H,3H2,1-2H3,(H,25,26)(H2,21,22,23,24). The highest BCUT2D eigenvalue weighted by Gasteiger charge is 2.06. The van der Waals surface area contributed by atoms with Crippen LogP contribution in [0.1, 0.15) is 23.1 Å². The first-order valence-corrected chi connectivity index (χ1v) is 8.47. The van der Waals surface area contributed by atoms with Crippen molar-refractivity contribution in [2.45, 2.75) is 13.8 Å². The van der Waals surface area contributed by atoms with Gasteiger partial charge >= 0.3 is 0 Å². The Kier molecular flexibility index (Phi) is 5.43. The first kappa shape index (κ1) is 17.4. The molecule has 0 unspecified atom stereocenters. The smallest absolute Gasteiger partial charge is 0.255 e. The molecule has 6 nitrogen and oxygen atoms in total. The average molecular weight is 347 g/mol. The van der Waals surface area contributed by atoms with E-state index in [4.69, 9.17) is 0 Å². The van der Waals surface area contributed by atoms with Crippen LogP contribution >= 0.6 is 0 Å². The van der Waals surface area contributed by atoms with Gasteiger partial charge in [0.15, 0.2) is 0 Å². The Hall–Kier alpha value is -3.41. The molecule has 2 aromatic carbocycles. The van der Waals surface area contributed by atoms with E-state index in [0.717, 1.165) is 29.6 Å². The van der Waals surface area contributed by atoms with Crippen LogP contribution in [0.3, 0.4) is 0 Å². The third-order valence-corrected chi connectivity index (χ3v) is 3.65. The third kappa shape index (κ3) is 4.57. The van der Waals surface area contributed by atoms with Crippen molar-refractivity contribution < 1.29 is 4.79 Å². The number of hydrogen-bond acceptors (Lipinski definition) is 5. The minimum Gasteiger partial charge on any atom is -0.370 e. The Morgan fingerprint density at radius 1 is 0.923 bits per heavy atom. The molecule has 6 heteroatoms. The quantitative estimate of drug-likeness (QED) is 0.622. The number of amides is 1. The number of benzene rings is 2. The summed E-state index contributed by atoms with van der Waals surface area (Å²) < 4.78 is 0. The van der Waals surface area contributed by atoms with E-state index in [9.17, 15) is 4.79 Å². The SMILES string of the molecule is CCNc1cc(Nc2ccc(NC(=O)c3ccccc3)cc2)nc(C)n1. The van der Waals surface area contributed by atoms with Gasteiger partial charge in [0.2, 0.25) is 0 Å². The van der Waals surface area contributed by atoms with Crippen molar-refractivity contribution >= 4 is 28.9 Å². The van der Waals surface area contributed by atoms with Crippen molar-refractivity contribution in [3.8, 4) is 0 Å². The molecular formula is C20H21N5O. The first-order valence-electron chi connectivity index (χ1n) is 8.47. The van der Waals surface area contributed by atoms with Crippen LogP contribution < -0.4 is 16.0 Å². The number of nitrogens with zero attached hydrogens (tertiary/aromatic N) is 2. The van der Waals surface area contributed by atoms with Crippen molar-refractivity contribution in [1.82, 2.24) is 9.97 Å². The third-order valence-electron chi connectivity index (χ3n) is 3.65. The average Bonchev–Trinajstić information content (AvgIpc) is 2.64. The second-order valence-electron chi connectivity index (χ2n) is 5.74. The summed E-state index contributed by atoms with van der Waals surface area (Å²) in [5.41, 5.74) is 2.24. The Morgan fingerprint density at radius 3 is 2.27 bits per heavy atom. The van der Waals surface area contributed by atoms with Crippen LogP contribution in [0.15, 0.2) is 60.7 Å². The van der Waals surface area contributed by atoms with Gasteiger partial charge in [0, 0.05) is 29.5 Å². The van der Waals surface area contributed by atoms with Crippen molar-refractivity contribution in [2.75, 3.05) is 22.5 Å². The maximum atomic E-state index is 12.2. The predicted octanol–water partition coefficient (Wildman–Crippen LogP) is 4.21. The van der Waals surface area contributed by atoms with Crippen LogP contribution in [0.25, 0.3) is 0 Å². The maximum absolute atomic E-state index is 12.2. The number of anilines is 4. The second kappa shape index (κ2) is 8.11. The lowest BCUT2D eigenvalue weighted by Crippen LogP contribution is -2.11. The van der Waals surface area contributed by atoms with E-state index in [0.29, 0.717) is 11.4 Å². The number of rotatable bonds is 6. The lowest BCUT2D eigenvalue weighted by Gasteiger charge is -2.10. The summed E-state index contributed by atoms with van der Waals surface area (Å²) in [6.07, 6.45) is 0. The molecule has 1 aromatic heterocycles. The molecule has 3 N–H and O–H groups in total. The van der Waals surface area contributed by atoms with Crippen LogP contribution in [0.5, 0.6) is 0 Å². The molecule has 132 valence electrons. The van der Waals surface area contributed by atoms with Gasteiger partial charge in [0.1, 0.15) is 17.5 Å². The van der Waals surface area contributed by atoms with Gasteiger partial charge in [-0.2, -0.15) is 0 Å².